The molecule has 0 saturated carbocycles. The fraction of sp³-hybridized carbons (Fsp3) is 0.167. The lowest BCUT2D eigenvalue weighted by Crippen LogP contribution is -2.24. The molecule has 1 aromatic carbocycles. The summed E-state index contributed by atoms with van der Waals surface area (Å²) in [5.74, 6) is -0.375. The molecule has 0 radical (unpaired) electrons. The van der Waals surface area contributed by atoms with Crippen molar-refractivity contribution in [1.82, 2.24) is 4.72 Å². The molecule has 0 aliphatic rings. The minimum Gasteiger partial charge on any atom is -0.433 e. The number of hydrogen-bond donors (Lipinski definition) is 1. The molecule has 0 amide bonds. The van der Waals surface area contributed by atoms with Crippen LogP contribution in [0.2, 0.25) is 0 Å². The standard InChI is InChI=1S/C12H11F2NO3S2/c13-12(14)18-10-3-1-2-4-11(10)20(16,17)15-7-9-5-6-19-8-9/h1-6,8,12,15H,7H2. The fourth-order valence-electron chi connectivity index (χ4n) is 1.51. The Kier molecular flexibility index (Phi) is 4.69. The first-order chi connectivity index (χ1) is 9.49. The van der Waals surface area contributed by atoms with Crippen molar-refractivity contribution < 1.29 is 21.9 Å². The van der Waals surface area contributed by atoms with E-state index >= 15 is 0 Å². The zero-order chi connectivity index (χ0) is 14.6. The van der Waals surface area contributed by atoms with Gasteiger partial charge in [-0.2, -0.15) is 20.1 Å². The summed E-state index contributed by atoms with van der Waals surface area (Å²) >= 11 is 1.44. The number of halogens is 2. The van der Waals surface area contributed by atoms with Crippen LogP contribution in [0.1, 0.15) is 5.56 Å². The molecule has 0 saturated heterocycles. The van der Waals surface area contributed by atoms with Crippen molar-refractivity contribution in [2.24, 2.45) is 0 Å². The van der Waals surface area contributed by atoms with Crippen molar-refractivity contribution in [2.45, 2.75) is 18.1 Å². The summed E-state index contributed by atoms with van der Waals surface area (Å²) < 4.78 is 55.3. The summed E-state index contributed by atoms with van der Waals surface area (Å²) in [5.41, 5.74) is 0.797. The summed E-state index contributed by atoms with van der Waals surface area (Å²) in [6.07, 6.45) is 0. The molecule has 1 N–H and O–H groups in total. The monoisotopic (exact) mass is 319 g/mol. The van der Waals surface area contributed by atoms with E-state index in [2.05, 4.69) is 9.46 Å². The highest BCUT2D eigenvalue weighted by molar-refractivity contribution is 7.89. The number of ether oxygens (including phenoxy) is 1. The number of benzene rings is 1. The van der Waals surface area contributed by atoms with Crippen LogP contribution in [0.5, 0.6) is 5.75 Å². The molecule has 0 aliphatic carbocycles. The van der Waals surface area contributed by atoms with E-state index in [4.69, 9.17) is 0 Å². The van der Waals surface area contributed by atoms with Crippen LogP contribution in [0.4, 0.5) is 8.78 Å². The summed E-state index contributed by atoms with van der Waals surface area (Å²) in [7, 11) is -3.92. The lowest BCUT2D eigenvalue weighted by atomic mass is 10.3. The van der Waals surface area contributed by atoms with Crippen LogP contribution in [-0.4, -0.2) is 15.0 Å². The number of rotatable bonds is 6. The molecule has 0 bridgehead atoms. The van der Waals surface area contributed by atoms with Gasteiger partial charge in [-0.15, -0.1) is 0 Å². The smallest absolute Gasteiger partial charge is 0.387 e. The summed E-state index contributed by atoms with van der Waals surface area (Å²) in [6, 6.07) is 7.04. The van der Waals surface area contributed by atoms with E-state index in [1.165, 1.54) is 35.6 Å². The van der Waals surface area contributed by atoms with Gasteiger partial charge in [0, 0.05) is 6.54 Å². The van der Waals surface area contributed by atoms with Gasteiger partial charge in [-0.1, -0.05) is 12.1 Å². The molecule has 2 rings (SSSR count). The Labute approximate surface area is 119 Å². The number of sulfonamides is 1. The van der Waals surface area contributed by atoms with Gasteiger partial charge >= 0.3 is 6.61 Å². The maximum Gasteiger partial charge on any atom is 0.387 e. The van der Waals surface area contributed by atoms with E-state index in [1.807, 2.05) is 5.38 Å². The van der Waals surface area contributed by atoms with Crippen LogP contribution >= 0.6 is 11.3 Å². The predicted molar refractivity (Wildman–Crippen MR) is 71.4 cm³/mol. The van der Waals surface area contributed by atoms with Gasteiger partial charge in [0.05, 0.1) is 0 Å². The number of para-hydroxylation sites is 1. The molecule has 1 aromatic heterocycles. The summed E-state index contributed by atoms with van der Waals surface area (Å²) in [6.45, 7) is -2.99. The van der Waals surface area contributed by atoms with Crippen LogP contribution in [0.3, 0.4) is 0 Å². The van der Waals surface area contributed by atoms with E-state index in [0.29, 0.717) is 0 Å². The van der Waals surface area contributed by atoms with Gasteiger partial charge in [0.25, 0.3) is 0 Å². The van der Waals surface area contributed by atoms with Gasteiger partial charge < -0.3 is 4.74 Å². The summed E-state index contributed by atoms with van der Waals surface area (Å²) in [4.78, 5) is -0.310. The molecule has 20 heavy (non-hydrogen) atoms. The molecule has 108 valence electrons. The van der Waals surface area contributed by atoms with Crippen LogP contribution in [0.15, 0.2) is 46.0 Å². The first kappa shape index (κ1) is 14.9. The normalized spacial score (nSPS) is 11.8. The number of alkyl halides is 2. The Morgan fingerprint density at radius 2 is 2.00 bits per heavy atom. The van der Waals surface area contributed by atoms with E-state index in [0.717, 1.165) is 5.56 Å². The minimum absolute atomic E-state index is 0.0921. The zero-order valence-corrected chi connectivity index (χ0v) is 11.8. The van der Waals surface area contributed by atoms with E-state index in [1.54, 1.807) is 11.4 Å². The van der Waals surface area contributed by atoms with Crippen molar-refractivity contribution >= 4 is 21.4 Å². The van der Waals surface area contributed by atoms with Gasteiger partial charge in [0.1, 0.15) is 10.6 Å². The molecule has 2 aromatic rings. The van der Waals surface area contributed by atoms with Gasteiger partial charge in [0.15, 0.2) is 0 Å². The number of thiophene rings is 1. The molecular formula is C12H11F2NO3S2. The minimum atomic E-state index is -3.92. The Hall–Kier alpha value is -1.51. The predicted octanol–water partition coefficient (Wildman–Crippen LogP) is 2.83. The van der Waals surface area contributed by atoms with Gasteiger partial charge in [-0.3, -0.25) is 0 Å². The maximum atomic E-state index is 12.3. The lowest BCUT2D eigenvalue weighted by molar-refractivity contribution is -0.0517. The second-order valence-corrected chi connectivity index (χ2v) is 6.30. The van der Waals surface area contributed by atoms with E-state index in [-0.39, 0.29) is 17.2 Å². The van der Waals surface area contributed by atoms with Gasteiger partial charge in [0.2, 0.25) is 10.0 Å². The number of nitrogens with one attached hydrogen (secondary N) is 1. The molecule has 1 heterocycles. The van der Waals surface area contributed by atoms with Gasteiger partial charge in [-0.05, 0) is 34.5 Å². The topological polar surface area (TPSA) is 55.4 Å². The number of hydrogen-bond acceptors (Lipinski definition) is 4. The molecule has 4 nitrogen and oxygen atoms in total. The second kappa shape index (κ2) is 6.29. The van der Waals surface area contributed by atoms with Crippen molar-refractivity contribution in [1.29, 1.82) is 0 Å². The molecule has 0 fully saturated rings. The third-order valence-corrected chi connectivity index (χ3v) is 4.57. The molecule has 0 spiro atoms. The van der Waals surface area contributed by atoms with Crippen LogP contribution in [-0.2, 0) is 16.6 Å². The van der Waals surface area contributed by atoms with Gasteiger partial charge in [-0.25, -0.2) is 13.1 Å². The maximum absolute atomic E-state index is 12.3. The molecule has 0 unspecified atom stereocenters. The highest BCUT2D eigenvalue weighted by Gasteiger charge is 2.20. The van der Waals surface area contributed by atoms with Crippen LogP contribution in [0, 0.1) is 0 Å². The molecule has 8 heteroatoms. The van der Waals surface area contributed by atoms with Crippen molar-refractivity contribution in [3.8, 4) is 5.75 Å². The van der Waals surface area contributed by atoms with Crippen LogP contribution < -0.4 is 9.46 Å². The Morgan fingerprint density at radius 1 is 1.25 bits per heavy atom. The quantitative estimate of drug-likeness (QED) is 0.891. The molecular weight excluding hydrogens is 308 g/mol. The SMILES string of the molecule is O=S(=O)(NCc1ccsc1)c1ccccc1OC(F)F. The first-order valence-electron chi connectivity index (χ1n) is 5.53. The lowest BCUT2D eigenvalue weighted by Gasteiger charge is -2.11. The second-order valence-electron chi connectivity index (χ2n) is 3.78. The average Bonchev–Trinajstić information content (AvgIpc) is 2.89. The summed E-state index contributed by atoms with van der Waals surface area (Å²) in [5, 5.41) is 3.61. The van der Waals surface area contributed by atoms with Crippen molar-refractivity contribution in [2.75, 3.05) is 0 Å². The zero-order valence-electron chi connectivity index (χ0n) is 10.1. The third-order valence-electron chi connectivity index (χ3n) is 2.40. The highest BCUT2D eigenvalue weighted by Crippen LogP contribution is 2.25. The third kappa shape index (κ3) is 3.75. The van der Waals surface area contributed by atoms with Crippen molar-refractivity contribution in [3.63, 3.8) is 0 Å². The average molecular weight is 319 g/mol. The molecule has 0 aliphatic heterocycles. The molecule has 0 atom stereocenters. The highest BCUT2D eigenvalue weighted by atomic mass is 32.2. The Morgan fingerprint density at radius 3 is 2.65 bits per heavy atom. The van der Waals surface area contributed by atoms with Crippen LogP contribution in [0.25, 0.3) is 0 Å². The Bertz CT molecular complexity index is 657. The van der Waals surface area contributed by atoms with Crippen molar-refractivity contribution in [3.05, 3.63) is 46.7 Å². The van der Waals surface area contributed by atoms with E-state index < -0.39 is 16.6 Å². The van der Waals surface area contributed by atoms with E-state index in [9.17, 15) is 17.2 Å². The first-order valence-corrected chi connectivity index (χ1v) is 7.96. The Balaban J connectivity index is 2.20. The fourth-order valence-corrected chi connectivity index (χ4v) is 3.33. The largest absolute Gasteiger partial charge is 0.433 e.